The van der Waals surface area contributed by atoms with Crippen molar-refractivity contribution < 1.29 is 8.42 Å². The van der Waals surface area contributed by atoms with Gasteiger partial charge in [0.05, 0.1) is 23.8 Å². The molecule has 0 saturated heterocycles. The summed E-state index contributed by atoms with van der Waals surface area (Å²) in [7, 11) is -3.58. The Labute approximate surface area is 141 Å². The van der Waals surface area contributed by atoms with Crippen LogP contribution >= 0.6 is 0 Å². The molecule has 0 unspecified atom stereocenters. The number of aromatic nitrogens is 2. The summed E-state index contributed by atoms with van der Waals surface area (Å²) in [5, 5.41) is 5.33. The summed E-state index contributed by atoms with van der Waals surface area (Å²) >= 11 is 0. The van der Waals surface area contributed by atoms with Gasteiger partial charge in [0.1, 0.15) is 0 Å². The predicted octanol–water partition coefficient (Wildman–Crippen LogP) is 3.34. The maximum Gasteiger partial charge on any atom is 0.255 e. The second-order valence-corrected chi connectivity index (χ2v) is 6.84. The van der Waals surface area contributed by atoms with Crippen LogP contribution in [0.2, 0.25) is 0 Å². The van der Waals surface area contributed by atoms with E-state index in [1.807, 2.05) is 60.7 Å². The highest BCUT2D eigenvalue weighted by atomic mass is 32.2. The first-order valence-corrected chi connectivity index (χ1v) is 8.98. The number of nitrogens with zero attached hydrogens (tertiary/aromatic N) is 2. The third-order valence-electron chi connectivity index (χ3n) is 3.32. The topological polar surface area (TPSA) is 64.0 Å². The van der Waals surface area contributed by atoms with Gasteiger partial charge < -0.3 is 0 Å². The molecule has 1 heterocycles. The molecular formula is C18H17N3O2S. The summed E-state index contributed by atoms with van der Waals surface area (Å²) in [4.78, 5) is 0. The van der Waals surface area contributed by atoms with E-state index in [0.29, 0.717) is 12.2 Å². The minimum absolute atomic E-state index is 0.434. The lowest BCUT2D eigenvalue weighted by molar-refractivity contribution is 0.609. The Balaban J connectivity index is 1.66. The molecule has 0 spiro atoms. The fraction of sp³-hybridized carbons (Fsp3) is 0.0556. The molecular weight excluding hydrogens is 322 g/mol. The monoisotopic (exact) mass is 339 g/mol. The number of anilines is 1. The van der Waals surface area contributed by atoms with Crippen molar-refractivity contribution in [2.75, 3.05) is 4.72 Å². The number of sulfonamides is 1. The molecule has 1 N–H and O–H groups in total. The van der Waals surface area contributed by atoms with Crippen LogP contribution in [0.25, 0.3) is 6.08 Å². The molecule has 0 fully saturated rings. The summed E-state index contributed by atoms with van der Waals surface area (Å²) in [6.07, 6.45) is 4.72. The standard InChI is InChI=1S/C18H17N3O2S/c22-24(23,12-11-16-7-3-1-4-8-16)20-18-13-19-21(15-18)14-17-9-5-2-6-10-17/h1-13,15,20H,14H2/b12-11+. The van der Waals surface area contributed by atoms with Crippen molar-refractivity contribution in [3.8, 4) is 0 Å². The van der Waals surface area contributed by atoms with Gasteiger partial charge in [-0.15, -0.1) is 0 Å². The van der Waals surface area contributed by atoms with Crippen molar-refractivity contribution in [1.82, 2.24) is 9.78 Å². The number of rotatable bonds is 6. The van der Waals surface area contributed by atoms with Crippen molar-refractivity contribution >= 4 is 21.8 Å². The third kappa shape index (κ3) is 4.57. The fourth-order valence-corrected chi connectivity index (χ4v) is 3.04. The second-order valence-electron chi connectivity index (χ2n) is 5.27. The Bertz CT molecular complexity index is 917. The maximum atomic E-state index is 12.1. The molecule has 6 heteroatoms. The van der Waals surface area contributed by atoms with Gasteiger partial charge in [0.2, 0.25) is 0 Å². The van der Waals surface area contributed by atoms with Crippen molar-refractivity contribution in [2.45, 2.75) is 6.54 Å². The molecule has 0 radical (unpaired) electrons. The molecule has 122 valence electrons. The molecule has 0 aliphatic carbocycles. The number of benzene rings is 2. The van der Waals surface area contributed by atoms with Crippen LogP contribution in [-0.2, 0) is 16.6 Å². The lowest BCUT2D eigenvalue weighted by atomic mass is 10.2. The molecule has 2 aromatic carbocycles. The molecule has 0 saturated carbocycles. The van der Waals surface area contributed by atoms with E-state index in [-0.39, 0.29) is 0 Å². The zero-order valence-corrected chi connectivity index (χ0v) is 13.7. The molecule has 24 heavy (non-hydrogen) atoms. The molecule has 5 nitrogen and oxygen atoms in total. The van der Waals surface area contributed by atoms with Gasteiger partial charge >= 0.3 is 0 Å². The molecule has 1 aromatic heterocycles. The van der Waals surface area contributed by atoms with Crippen LogP contribution in [0.15, 0.2) is 78.5 Å². The average Bonchev–Trinajstić information content (AvgIpc) is 3.01. The van der Waals surface area contributed by atoms with Crippen LogP contribution < -0.4 is 4.72 Å². The summed E-state index contributed by atoms with van der Waals surface area (Å²) in [6, 6.07) is 19.1. The summed E-state index contributed by atoms with van der Waals surface area (Å²) in [5.74, 6) is 0. The number of hydrogen-bond acceptors (Lipinski definition) is 3. The van der Waals surface area contributed by atoms with Crippen LogP contribution in [-0.4, -0.2) is 18.2 Å². The van der Waals surface area contributed by atoms with Gasteiger partial charge in [0, 0.05) is 6.20 Å². The van der Waals surface area contributed by atoms with Gasteiger partial charge in [-0.25, -0.2) is 8.42 Å². The lowest BCUT2D eigenvalue weighted by Gasteiger charge is -2.02. The Hall–Kier alpha value is -2.86. The Morgan fingerprint density at radius 3 is 2.38 bits per heavy atom. The van der Waals surface area contributed by atoms with E-state index in [1.165, 1.54) is 6.20 Å². The molecule has 3 aromatic rings. The van der Waals surface area contributed by atoms with E-state index in [4.69, 9.17) is 0 Å². The van der Waals surface area contributed by atoms with Gasteiger partial charge in [0.25, 0.3) is 10.0 Å². The van der Waals surface area contributed by atoms with Gasteiger partial charge in [-0.3, -0.25) is 9.40 Å². The summed E-state index contributed by atoms with van der Waals surface area (Å²) in [5.41, 5.74) is 2.35. The summed E-state index contributed by atoms with van der Waals surface area (Å²) < 4.78 is 28.4. The Morgan fingerprint density at radius 1 is 1.00 bits per heavy atom. The van der Waals surface area contributed by atoms with Gasteiger partial charge in [0.15, 0.2) is 0 Å². The van der Waals surface area contributed by atoms with Gasteiger partial charge in [-0.2, -0.15) is 5.10 Å². The van der Waals surface area contributed by atoms with E-state index in [2.05, 4.69) is 9.82 Å². The van der Waals surface area contributed by atoms with Crippen LogP contribution in [0.1, 0.15) is 11.1 Å². The van der Waals surface area contributed by atoms with Gasteiger partial charge in [-0.05, 0) is 17.2 Å². The molecule has 0 bridgehead atoms. The largest absolute Gasteiger partial charge is 0.277 e. The quantitative estimate of drug-likeness (QED) is 0.749. The normalized spacial score (nSPS) is 11.7. The minimum Gasteiger partial charge on any atom is -0.277 e. The first kappa shape index (κ1) is 16.0. The second kappa shape index (κ2) is 7.14. The smallest absolute Gasteiger partial charge is 0.255 e. The van der Waals surface area contributed by atoms with Crippen LogP contribution in [0, 0.1) is 0 Å². The predicted molar refractivity (Wildman–Crippen MR) is 95.8 cm³/mol. The average molecular weight is 339 g/mol. The Kier molecular flexibility index (Phi) is 4.77. The third-order valence-corrected chi connectivity index (χ3v) is 4.33. The molecule has 0 aliphatic rings. The Morgan fingerprint density at radius 2 is 1.67 bits per heavy atom. The fourth-order valence-electron chi connectivity index (χ4n) is 2.20. The van der Waals surface area contributed by atoms with E-state index < -0.39 is 10.0 Å². The van der Waals surface area contributed by atoms with Gasteiger partial charge in [-0.1, -0.05) is 60.7 Å². The van der Waals surface area contributed by atoms with Crippen LogP contribution in [0.5, 0.6) is 0 Å². The van der Waals surface area contributed by atoms with Crippen LogP contribution in [0.4, 0.5) is 5.69 Å². The van der Waals surface area contributed by atoms with Crippen molar-refractivity contribution in [2.24, 2.45) is 0 Å². The van der Waals surface area contributed by atoms with E-state index >= 15 is 0 Å². The van der Waals surface area contributed by atoms with Crippen LogP contribution in [0.3, 0.4) is 0 Å². The maximum absolute atomic E-state index is 12.1. The first-order valence-electron chi connectivity index (χ1n) is 7.43. The minimum atomic E-state index is -3.58. The lowest BCUT2D eigenvalue weighted by Crippen LogP contribution is -2.08. The molecule has 0 atom stereocenters. The SMILES string of the molecule is O=S(=O)(/C=C/c1ccccc1)Nc1cnn(Cc2ccccc2)c1. The van der Waals surface area contributed by atoms with E-state index in [9.17, 15) is 8.42 Å². The van der Waals surface area contributed by atoms with Crippen molar-refractivity contribution in [3.63, 3.8) is 0 Å². The molecule has 3 rings (SSSR count). The van der Waals surface area contributed by atoms with Crippen molar-refractivity contribution in [1.29, 1.82) is 0 Å². The molecule has 0 aliphatic heterocycles. The van der Waals surface area contributed by atoms with E-state index in [1.54, 1.807) is 17.0 Å². The zero-order valence-electron chi connectivity index (χ0n) is 12.9. The summed E-state index contributed by atoms with van der Waals surface area (Å²) in [6.45, 7) is 0.586. The van der Waals surface area contributed by atoms with E-state index in [0.717, 1.165) is 16.5 Å². The highest BCUT2D eigenvalue weighted by molar-refractivity contribution is 7.95. The van der Waals surface area contributed by atoms with Crippen molar-refractivity contribution in [3.05, 3.63) is 89.6 Å². The highest BCUT2D eigenvalue weighted by Gasteiger charge is 2.08. The zero-order chi connectivity index (χ0) is 16.8. The molecule has 0 amide bonds. The first-order chi connectivity index (χ1) is 11.6. The number of nitrogens with one attached hydrogen (secondary N) is 1. The number of hydrogen-bond donors (Lipinski definition) is 1. The highest BCUT2D eigenvalue weighted by Crippen LogP contribution is 2.11.